The number of fused-ring (bicyclic) bond motifs is 1. The van der Waals surface area contributed by atoms with Crippen LogP contribution in [0.3, 0.4) is 0 Å². The molecule has 0 spiro atoms. The lowest BCUT2D eigenvalue weighted by molar-refractivity contribution is -0.139. The van der Waals surface area contributed by atoms with Gasteiger partial charge < -0.3 is 15.2 Å². The van der Waals surface area contributed by atoms with Crippen molar-refractivity contribution in [1.29, 1.82) is 0 Å². The maximum absolute atomic E-state index is 12.1. The SMILES string of the molecule is CCOC(=O)/C=C(\C(=O)OCC)n1cnc2c(N)ncnc21. The minimum Gasteiger partial charge on any atom is -0.463 e. The zero-order valence-corrected chi connectivity index (χ0v) is 12.1. The Morgan fingerprint density at radius 1 is 1.23 bits per heavy atom. The quantitative estimate of drug-likeness (QED) is 0.621. The lowest BCUT2D eigenvalue weighted by Crippen LogP contribution is -2.15. The summed E-state index contributed by atoms with van der Waals surface area (Å²) >= 11 is 0. The molecule has 0 aliphatic rings. The molecule has 0 aliphatic carbocycles. The number of esters is 2. The number of carbonyl (C=O) groups excluding carboxylic acids is 2. The molecular weight excluding hydrogens is 290 g/mol. The van der Waals surface area contributed by atoms with Gasteiger partial charge in [-0.05, 0) is 13.8 Å². The molecule has 0 amide bonds. The first-order valence-corrected chi connectivity index (χ1v) is 6.57. The van der Waals surface area contributed by atoms with Crippen LogP contribution < -0.4 is 5.73 Å². The van der Waals surface area contributed by atoms with Gasteiger partial charge in [0.1, 0.15) is 18.4 Å². The number of nitrogens with two attached hydrogens (primary N) is 1. The standard InChI is InChI=1S/C13H15N5O4/c1-3-21-9(19)5-8(13(20)22-4-2)18-7-17-10-11(14)15-6-16-12(10)18/h5-7H,3-4H2,1-2H3,(H2,14,15,16)/b8-5+. The summed E-state index contributed by atoms with van der Waals surface area (Å²) < 4.78 is 11.1. The number of ether oxygens (including phenoxy) is 2. The Hall–Kier alpha value is -2.97. The highest BCUT2D eigenvalue weighted by Gasteiger charge is 2.19. The number of hydrogen-bond acceptors (Lipinski definition) is 8. The van der Waals surface area contributed by atoms with Gasteiger partial charge in [0, 0.05) is 0 Å². The number of imidazole rings is 1. The fourth-order valence-corrected chi connectivity index (χ4v) is 1.76. The zero-order chi connectivity index (χ0) is 16.1. The normalized spacial score (nSPS) is 11.5. The zero-order valence-electron chi connectivity index (χ0n) is 12.1. The van der Waals surface area contributed by atoms with Crippen molar-refractivity contribution in [2.24, 2.45) is 0 Å². The molecule has 0 radical (unpaired) electrons. The van der Waals surface area contributed by atoms with Crippen LogP contribution in [0, 0.1) is 0 Å². The van der Waals surface area contributed by atoms with Gasteiger partial charge in [0.2, 0.25) is 0 Å². The summed E-state index contributed by atoms with van der Waals surface area (Å²) in [5, 5.41) is 0. The number of carbonyl (C=O) groups is 2. The third kappa shape index (κ3) is 3.03. The van der Waals surface area contributed by atoms with Gasteiger partial charge in [-0.15, -0.1) is 0 Å². The number of aromatic nitrogens is 4. The minimum atomic E-state index is -0.702. The molecule has 0 atom stereocenters. The molecular formula is C13H15N5O4. The van der Waals surface area contributed by atoms with E-state index in [1.165, 1.54) is 17.2 Å². The molecule has 2 N–H and O–H groups in total. The first kappa shape index (κ1) is 15.4. The Morgan fingerprint density at radius 2 is 1.95 bits per heavy atom. The molecule has 2 rings (SSSR count). The molecule has 116 valence electrons. The van der Waals surface area contributed by atoms with Crippen LogP contribution in [-0.2, 0) is 19.1 Å². The Kier molecular flexibility index (Phi) is 4.66. The van der Waals surface area contributed by atoms with Gasteiger partial charge in [-0.3, -0.25) is 4.57 Å². The average Bonchev–Trinajstić information content (AvgIpc) is 2.90. The molecule has 0 unspecified atom stereocenters. The van der Waals surface area contributed by atoms with Crippen molar-refractivity contribution in [2.45, 2.75) is 13.8 Å². The van der Waals surface area contributed by atoms with Gasteiger partial charge in [0.05, 0.1) is 19.3 Å². The third-order valence-electron chi connectivity index (χ3n) is 2.65. The summed E-state index contributed by atoms with van der Waals surface area (Å²) in [6.07, 6.45) is 3.58. The van der Waals surface area contributed by atoms with Crippen molar-refractivity contribution < 1.29 is 19.1 Å². The van der Waals surface area contributed by atoms with E-state index in [0.717, 1.165) is 6.08 Å². The number of anilines is 1. The van der Waals surface area contributed by atoms with Crippen LogP contribution in [0.25, 0.3) is 16.9 Å². The van der Waals surface area contributed by atoms with E-state index in [2.05, 4.69) is 15.0 Å². The molecule has 0 bridgehead atoms. The third-order valence-corrected chi connectivity index (χ3v) is 2.65. The Morgan fingerprint density at radius 3 is 2.64 bits per heavy atom. The van der Waals surface area contributed by atoms with Crippen LogP contribution in [0.15, 0.2) is 18.7 Å². The highest BCUT2D eigenvalue weighted by atomic mass is 16.5. The predicted molar refractivity (Wildman–Crippen MR) is 77.3 cm³/mol. The molecule has 2 aromatic heterocycles. The van der Waals surface area contributed by atoms with Crippen molar-refractivity contribution >= 4 is 34.6 Å². The second-order valence-electron chi connectivity index (χ2n) is 4.05. The summed E-state index contributed by atoms with van der Waals surface area (Å²) in [5.74, 6) is -1.20. The first-order valence-electron chi connectivity index (χ1n) is 6.57. The topological polar surface area (TPSA) is 122 Å². The molecule has 9 heteroatoms. The van der Waals surface area contributed by atoms with E-state index in [4.69, 9.17) is 15.2 Å². The molecule has 2 heterocycles. The number of hydrogen-bond donors (Lipinski definition) is 1. The summed E-state index contributed by atoms with van der Waals surface area (Å²) in [5.41, 5.74) is 6.24. The van der Waals surface area contributed by atoms with Crippen molar-refractivity contribution in [3.05, 3.63) is 18.7 Å². The van der Waals surface area contributed by atoms with Gasteiger partial charge in [-0.1, -0.05) is 0 Å². The van der Waals surface area contributed by atoms with Crippen LogP contribution in [-0.4, -0.2) is 44.7 Å². The van der Waals surface area contributed by atoms with Gasteiger partial charge in [-0.2, -0.15) is 0 Å². The number of rotatable bonds is 5. The second kappa shape index (κ2) is 6.66. The van der Waals surface area contributed by atoms with Gasteiger partial charge in [-0.25, -0.2) is 24.5 Å². The lowest BCUT2D eigenvalue weighted by atomic mass is 10.3. The molecule has 9 nitrogen and oxygen atoms in total. The van der Waals surface area contributed by atoms with Crippen molar-refractivity contribution in [3.8, 4) is 0 Å². The summed E-state index contributed by atoms with van der Waals surface area (Å²) in [4.78, 5) is 35.6. The van der Waals surface area contributed by atoms with Gasteiger partial charge in [0.15, 0.2) is 17.0 Å². The summed E-state index contributed by atoms with van der Waals surface area (Å²) in [6, 6.07) is 0. The van der Waals surface area contributed by atoms with E-state index in [1.807, 2.05) is 0 Å². The number of nitrogen functional groups attached to an aromatic ring is 1. The van der Waals surface area contributed by atoms with E-state index in [-0.39, 0.29) is 30.4 Å². The molecule has 0 aromatic carbocycles. The highest BCUT2D eigenvalue weighted by molar-refractivity contribution is 6.16. The monoisotopic (exact) mass is 305 g/mol. The van der Waals surface area contributed by atoms with Crippen molar-refractivity contribution in [1.82, 2.24) is 19.5 Å². The Bertz CT molecular complexity index is 737. The fourth-order valence-electron chi connectivity index (χ4n) is 1.76. The van der Waals surface area contributed by atoms with E-state index < -0.39 is 11.9 Å². The smallest absolute Gasteiger partial charge is 0.355 e. The van der Waals surface area contributed by atoms with Crippen LogP contribution >= 0.6 is 0 Å². The molecule has 0 fully saturated rings. The van der Waals surface area contributed by atoms with Crippen LogP contribution in [0.1, 0.15) is 13.8 Å². The Balaban J connectivity index is 2.54. The van der Waals surface area contributed by atoms with E-state index >= 15 is 0 Å². The van der Waals surface area contributed by atoms with E-state index in [1.54, 1.807) is 13.8 Å². The van der Waals surface area contributed by atoms with Crippen LogP contribution in [0.5, 0.6) is 0 Å². The van der Waals surface area contributed by atoms with Crippen LogP contribution in [0.4, 0.5) is 5.82 Å². The van der Waals surface area contributed by atoms with E-state index in [9.17, 15) is 9.59 Å². The molecule has 0 aliphatic heterocycles. The molecule has 22 heavy (non-hydrogen) atoms. The number of nitrogens with zero attached hydrogens (tertiary/aromatic N) is 4. The second-order valence-corrected chi connectivity index (χ2v) is 4.05. The summed E-state index contributed by atoms with van der Waals surface area (Å²) in [6.45, 7) is 3.66. The van der Waals surface area contributed by atoms with Crippen LogP contribution in [0.2, 0.25) is 0 Å². The molecule has 0 saturated heterocycles. The first-order chi connectivity index (χ1) is 10.6. The maximum atomic E-state index is 12.1. The Labute approximate surface area is 125 Å². The average molecular weight is 305 g/mol. The predicted octanol–water partition coefficient (Wildman–Crippen LogP) is 0.376. The molecule has 2 aromatic rings. The maximum Gasteiger partial charge on any atom is 0.355 e. The largest absolute Gasteiger partial charge is 0.463 e. The fraction of sp³-hybridized carbons (Fsp3) is 0.308. The minimum absolute atomic E-state index is 0.0686. The summed E-state index contributed by atoms with van der Waals surface area (Å²) in [7, 11) is 0. The van der Waals surface area contributed by atoms with Crippen molar-refractivity contribution in [3.63, 3.8) is 0 Å². The van der Waals surface area contributed by atoms with Crippen molar-refractivity contribution in [2.75, 3.05) is 18.9 Å². The highest BCUT2D eigenvalue weighted by Crippen LogP contribution is 2.19. The molecule has 0 saturated carbocycles. The lowest BCUT2D eigenvalue weighted by Gasteiger charge is -2.08. The van der Waals surface area contributed by atoms with Gasteiger partial charge >= 0.3 is 11.9 Å². The van der Waals surface area contributed by atoms with Gasteiger partial charge in [0.25, 0.3) is 0 Å². The van der Waals surface area contributed by atoms with E-state index in [0.29, 0.717) is 5.52 Å².